The van der Waals surface area contributed by atoms with Gasteiger partial charge < -0.3 is 10.6 Å². The molecule has 0 radical (unpaired) electrons. The normalized spacial score (nSPS) is 17.3. The Balaban J connectivity index is 1.41. The van der Waals surface area contributed by atoms with Gasteiger partial charge >= 0.3 is 0 Å². The molecule has 1 atom stereocenters. The maximum absolute atomic E-state index is 11.9. The van der Waals surface area contributed by atoms with Crippen molar-refractivity contribution in [3.8, 4) is 0 Å². The van der Waals surface area contributed by atoms with Gasteiger partial charge in [0.25, 0.3) is 0 Å². The van der Waals surface area contributed by atoms with E-state index in [4.69, 9.17) is 0 Å². The van der Waals surface area contributed by atoms with E-state index in [0.29, 0.717) is 18.9 Å². The third-order valence-corrected chi connectivity index (χ3v) is 4.31. The van der Waals surface area contributed by atoms with Crippen LogP contribution in [0.15, 0.2) is 42.7 Å². The summed E-state index contributed by atoms with van der Waals surface area (Å²) in [5.74, 6) is 0.794. The Morgan fingerprint density at radius 2 is 2.17 bits per heavy atom. The number of benzene rings is 1. The average Bonchev–Trinajstić information content (AvgIpc) is 3.24. The summed E-state index contributed by atoms with van der Waals surface area (Å²) in [6, 6.07) is 10.2. The fraction of sp³-hybridized carbons (Fsp3) is 0.444. The molecule has 1 saturated heterocycles. The second-order valence-electron chi connectivity index (χ2n) is 6.21. The van der Waals surface area contributed by atoms with Gasteiger partial charge in [-0.2, -0.15) is 5.10 Å². The summed E-state index contributed by atoms with van der Waals surface area (Å²) >= 11 is 0. The van der Waals surface area contributed by atoms with Gasteiger partial charge in [0.2, 0.25) is 5.91 Å². The molecule has 1 aliphatic heterocycles. The van der Waals surface area contributed by atoms with E-state index in [2.05, 4.69) is 27.9 Å². The van der Waals surface area contributed by atoms with Gasteiger partial charge in [-0.25, -0.2) is 0 Å². The van der Waals surface area contributed by atoms with Gasteiger partial charge in [-0.05, 0) is 37.4 Å². The number of aromatic nitrogens is 2. The van der Waals surface area contributed by atoms with Crippen molar-refractivity contribution < 1.29 is 4.79 Å². The Labute approximate surface area is 137 Å². The molecule has 3 rings (SSSR count). The zero-order valence-electron chi connectivity index (χ0n) is 13.4. The molecule has 1 aliphatic rings. The molecule has 0 spiro atoms. The molecular weight excluding hydrogens is 288 g/mol. The van der Waals surface area contributed by atoms with Crippen LogP contribution in [0.5, 0.6) is 0 Å². The van der Waals surface area contributed by atoms with Gasteiger partial charge in [0.1, 0.15) is 0 Å². The smallest absolute Gasteiger partial charge is 0.220 e. The molecule has 0 aliphatic carbocycles. The van der Waals surface area contributed by atoms with Crippen molar-refractivity contribution in [2.45, 2.75) is 32.4 Å². The van der Waals surface area contributed by atoms with E-state index in [1.54, 1.807) is 0 Å². The van der Waals surface area contributed by atoms with E-state index in [1.165, 1.54) is 12.0 Å². The minimum absolute atomic E-state index is 0.132. The molecule has 2 heterocycles. The highest BCUT2D eigenvalue weighted by Crippen LogP contribution is 2.14. The first kappa shape index (κ1) is 15.7. The van der Waals surface area contributed by atoms with E-state index < -0.39 is 0 Å². The molecule has 122 valence electrons. The Bertz CT molecular complexity index is 617. The number of carbonyl (C=O) groups excluding carboxylic acids is 1. The lowest BCUT2D eigenvalue weighted by atomic mass is 10.0. The quantitative estimate of drug-likeness (QED) is 0.821. The summed E-state index contributed by atoms with van der Waals surface area (Å²) in [4.78, 5) is 11.9. The Hall–Kier alpha value is -2.14. The van der Waals surface area contributed by atoms with Gasteiger partial charge in [-0.15, -0.1) is 0 Å². The van der Waals surface area contributed by atoms with Crippen molar-refractivity contribution in [2.24, 2.45) is 5.92 Å². The molecule has 2 aromatic rings. The van der Waals surface area contributed by atoms with E-state index in [9.17, 15) is 4.79 Å². The lowest BCUT2D eigenvalue weighted by molar-refractivity contribution is -0.121. The number of carbonyl (C=O) groups is 1. The van der Waals surface area contributed by atoms with E-state index in [-0.39, 0.29) is 5.91 Å². The second-order valence-corrected chi connectivity index (χ2v) is 6.21. The van der Waals surface area contributed by atoms with E-state index in [1.807, 2.05) is 35.3 Å². The molecule has 5 heteroatoms. The third-order valence-electron chi connectivity index (χ3n) is 4.31. The fourth-order valence-corrected chi connectivity index (χ4v) is 2.94. The molecule has 1 unspecified atom stereocenters. The van der Waals surface area contributed by atoms with Crippen LogP contribution in [0, 0.1) is 5.92 Å². The van der Waals surface area contributed by atoms with Crippen LogP contribution in [-0.2, 0) is 17.9 Å². The molecule has 1 amide bonds. The Morgan fingerprint density at radius 1 is 1.30 bits per heavy atom. The number of hydrogen-bond donors (Lipinski definition) is 2. The monoisotopic (exact) mass is 312 g/mol. The van der Waals surface area contributed by atoms with Crippen molar-refractivity contribution in [1.82, 2.24) is 20.4 Å². The summed E-state index contributed by atoms with van der Waals surface area (Å²) < 4.78 is 1.90. The van der Waals surface area contributed by atoms with Gasteiger partial charge in [-0.1, -0.05) is 30.3 Å². The first-order chi connectivity index (χ1) is 11.3. The highest BCUT2D eigenvalue weighted by atomic mass is 16.1. The van der Waals surface area contributed by atoms with Crippen LogP contribution in [-0.4, -0.2) is 28.8 Å². The molecule has 5 nitrogen and oxygen atoms in total. The van der Waals surface area contributed by atoms with Crippen LogP contribution in [0.4, 0.5) is 0 Å². The summed E-state index contributed by atoms with van der Waals surface area (Å²) in [5.41, 5.74) is 2.26. The van der Waals surface area contributed by atoms with Gasteiger partial charge in [-0.3, -0.25) is 9.48 Å². The largest absolute Gasteiger partial charge is 0.352 e. The summed E-state index contributed by atoms with van der Waals surface area (Å²) in [6.45, 7) is 3.45. The average molecular weight is 312 g/mol. The van der Waals surface area contributed by atoms with Crippen molar-refractivity contribution in [3.05, 3.63) is 53.9 Å². The number of nitrogens with one attached hydrogen (secondary N) is 2. The maximum atomic E-state index is 11.9. The predicted octanol–water partition coefficient (Wildman–Crippen LogP) is 1.94. The highest BCUT2D eigenvalue weighted by molar-refractivity contribution is 5.75. The van der Waals surface area contributed by atoms with Crippen molar-refractivity contribution in [1.29, 1.82) is 0 Å². The molecule has 1 aromatic carbocycles. The SMILES string of the molecule is O=C(CCC1CCNC1)NCc1cnn(Cc2ccccc2)c1. The zero-order valence-corrected chi connectivity index (χ0v) is 13.4. The maximum Gasteiger partial charge on any atom is 0.220 e. The van der Waals surface area contributed by atoms with Crippen molar-refractivity contribution >= 4 is 5.91 Å². The molecule has 1 aromatic heterocycles. The predicted molar refractivity (Wildman–Crippen MR) is 89.8 cm³/mol. The van der Waals surface area contributed by atoms with E-state index >= 15 is 0 Å². The van der Waals surface area contributed by atoms with Crippen molar-refractivity contribution in [3.63, 3.8) is 0 Å². The first-order valence-corrected chi connectivity index (χ1v) is 8.32. The Kier molecular flexibility index (Phi) is 5.42. The van der Waals surface area contributed by atoms with Crippen LogP contribution < -0.4 is 10.6 Å². The topological polar surface area (TPSA) is 59.0 Å². The fourth-order valence-electron chi connectivity index (χ4n) is 2.94. The van der Waals surface area contributed by atoms with Crippen molar-refractivity contribution in [2.75, 3.05) is 13.1 Å². The molecule has 23 heavy (non-hydrogen) atoms. The number of hydrogen-bond acceptors (Lipinski definition) is 3. The lowest BCUT2D eigenvalue weighted by Gasteiger charge is -2.08. The standard InChI is InChI=1S/C18H24N4O/c23-18(7-6-15-8-9-19-10-15)20-11-17-12-21-22(14-17)13-16-4-2-1-3-5-16/h1-5,12,14-15,19H,6-11,13H2,(H,20,23). The minimum atomic E-state index is 0.132. The minimum Gasteiger partial charge on any atom is -0.352 e. The first-order valence-electron chi connectivity index (χ1n) is 8.32. The van der Waals surface area contributed by atoms with Crippen LogP contribution >= 0.6 is 0 Å². The summed E-state index contributed by atoms with van der Waals surface area (Å²) in [5, 5.41) is 10.7. The van der Waals surface area contributed by atoms with Crippen LogP contribution in [0.3, 0.4) is 0 Å². The van der Waals surface area contributed by atoms with E-state index in [0.717, 1.165) is 31.6 Å². The van der Waals surface area contributed by atoms with Gasteiger partial charge in [0.05, 0.1) is 12.7 Å². The van der Waals surface area contributed by atoms with Gasteiger partial charge in [0.15, 0.2) is 0 Å². The molecule has 0 saturated carbocycles. The molecule has 1 fully saturated rings. The highest BCUT2D eigenvalue weighted by Gasteiger charge is 2.15. The zero-order chi connectivity index (χ0) is 15.9. The molecule has 0 bridgehead atoms. The van der Waals surface area contributed by atoms with Crippen LogP contribution in [0.2, 0.25) is 0 Å². The summed E-state index contributed by atoms with van der Waals surface area (Å²) in [6.07, 6.45) is 6.61. The molecule has 2 N–H and O–H groups in total. The number of amides is 1. The lowest BCUT2D eigenvalue weighted by Crippen LogP contribution is -2.23. The number of rotatable bonds is 7. The number of nitrogens with zero attached hydrogens (tertiary/aromatic N) is 2. The summed E-state index contributed by atoms with van der Waals surface area (Å²) in [7, 11) is 0. The van der Waals surface area contributed by atoms with Crippen LogP contribution in [0.25, 0.3) is 0 Å². The molecular formula is C18H24N4O. The van der Waals surface area contributed by atoms with Crippen LogP contribution in [0.1, 0.15) is 30.4 Å². The van der Waals surface area contributed by atoms with Gasteiger partial charge in [0, 0.05) is 24.7 Å². The second kappa shape index (κ2) is 7.92. The Morgan fingerprint density at radius 3 is 2.96 bits per heavy atom. The third kappa shape index (κ3) is 4.93.